The zero-order valence-corrected chi connectivity index (χ0v) is 12.8. The number of hydrogen-bond acceptors (Lipinski definition) is 4. The molecule has 0 aliphatic rings. The molecule has 0 radical (unpaired) electrons. The predicted octanol–water partition coefficient (Wildman–Crippen LogP) is 3.59. The number of nitro groups is 1. The van der Waals surface area contributed by atoms with Gasteiger partial charge in [-0.3, -0.25) is 14.9 Å². The van der Waals surface area contributed by atoms with E-state index < -0.39 is 10.9 Å². The summed E-state index contributed by atoms with van der Waals surface area (Å²) >= 11 is 0. The number of carboxylic acid groups (broad SMARTS) is 1. The normalized spacial score (nSPS) is 12.8. The lowest BCUT2D eigenvalue weighted by Crippen LogP contribution is -2.28. The third kappa shape index (κ3) is 5.81. The van der Waals surface area contributed by atoms with Gasteiger partial charge in [-0.15, -0.1) is 0 Å². The highest BCUT2D eigenvalue weighted by atomic mass is 16.6. The Balaban J connectivity index is 3.04. The van der Waals surface area contributed by atoms with Crippen molar-refractivity contribution in [2.75, 3.05) is 5.32 Å². The Labute approximate surface area is 124 Å². The Bertz CT molecular complexity index is 535. The van der Waals surface area contributed by atoms with Crippen molar-refractivity contribution >= 4 is 17.3 Å². The van der Waals surface area contributed by atoms with E-state index >= 15 is 0 Å². The van der Waals surface area contributed by atoms with Gasteiger partial charge < -0.3 is 10.4 Å². The molecule has 6 nitrogen and oxygen atoms in total. The van der Waals surface area contributed by atoms with Gasteiger partial charge in [0.2, 0.25) is 0 Å². The number of anilines is 1. The second-order valence-corrected chi connectivity index (χ2v) is 6.48. The molecule has 0 aliphatic heterocycles. The number of carbonyl (C=O) groups is 1. The van der Waals surface area contributed by atoms with Crippen molar-refractivity contribution in [2.24, 2.45) is 5.41 Å². The lowest BCUT2D eigenvalue weighted by atomic mass is 9.87. The molecule has 1 aromatic rings. The van der Waals surface area contributed by atoms with Crippen LogP contribution in [-0.2, 0) is 4.79 Å². The number of benzene rings is 1. The number of carboxylic acids is 1. The Morgan fingerprint density at radius 3 is 2.52 bits per heavy atom. The third-order valence-electron chi connectivity index (χ3n) is 2.99. The van der Waals surface area contributed by atoms with Gasteiger partial charge in [0.05, 0.1) is 11.3 Å². The average Bonchev–Trinajstić information content (AvgIpc) is 2.24. The molecule has 0 fully saturated rings. The fourth-order valence-corrected chi connectivity index (χ4v) is 2.27. The van der Waals surface area contributed by atoms with Crippen molar-refractivity contribution in [1.29, 1.82) is 0 Å². The molecule has 0 saturated carbocycles. The van der Waals surface area contributed by atoms with E-state index in [4.69, 9.17) is 5.11 Å². The van der Waals surface area contributed by atoms with Crippen LogP contribution >= 0.6 is 0 Å². The van der Waals surface area contributed by atoms with Crippen LogP contribution in [-0.4, -0.2) is 22.0 Å². The first kappa shape index (κ1) is 16.9. The van der Waals surface area contributed by atoms with Crippen molar-refractivity contribution in [3.05, 3.63) is 33.9 Å². The maximum absolute atomic E-state index is 11.1. The summed E-state index contributed by atoms with van der Waals surface area (Å²) in [6.07, 6.45) is 0.521. The molecule has 1 rings (SSSR count). The van der Waals surface area contributed by atoms with Gasteiger partial charge in [0.25, 0.3) is 5.69 Å². The van der Waals surface area contributed by atoms with Crippen molar-refractivity contribution < 1.29 is 14.8 Å². The van der Waals surface area contributed by atoms with Crippen molar-refractivity contribution in [3.63, 3.8) is 0 Å². The zero-order valence-electron chi connectivity index (χ0n) is 12.8. The second-order valence-electron chi connectivity index (χ2n) is 6.48. The number of nitro benzene ring substituents is 1. The SMILES string of the molecule is Cc1ccc([N+](=O)[O-])c(NC(CC(=O)O)CC(C)(C)C)c1. The van der Waals surface area contributed by atoms with E-state index in [1.54, 1.807) is 12.1 Å². The largest absolute Gasteiger partial charge is 0.481 e. The Kier molecular flexibility index (Phi) is 5.29. The summed E-state index contributed by atoms with van der Waals surface area (Å²) in [5, 5.41) is 23.1. The molecule has 0 spiro atoms. The molecule has 0 aliphatic carbocycles. The molecule has 0 amide bonds. The number of aryl methyl sites for hydroxylation is 1. The molecule has 0 aromatic heterocycles. The monoisotopic (exact) mass is 294 g/mol. The number of hydrogen-bond donors (Lipinski definition) is 2. The highest BCUT2D eigenvalue weighted by Crippen LogP contribution is 2.29. The first-order valence-electron chi connectivity index (χ1n) is 6.82. The Hall–Kier alpha value is -2.11. The minimum atomic E-state index is -0.924. The highest BCUT2D eigenvalue weighted by Gasteiger charge is 2.24. The van der Waals surface area contributed by atoms with Crippen LogP contribution in [0.25, 0.3) is 0 Å². The molecule has 1 aromatic carbocycles. The lowest BCUT2D eigenvalue weighted by Gasteiger charge is -2.26. The zero-order chi connectivity index (χ0) is 16.2. The lowest BCUT2D eigenvalue weighted by molar-refractivity contribution is -0.384. The molecular formula is C15H22N2O4. The standard InChI is InChI=1S/C15H22N2O4/c1-10-5-6-13(17(20)21)12(7-10)16-11(8-14(18)19)9-15(2,3)4/h5-7,11,16H,8-9H2,1-4H3,(H,18,19). The van der Waals surface area contributed by atoms with Crippen molar-refractivity contribution in [2.45, 2.75) is 46.6 Å². The minimum Gasteiger partial charge on any atom is -0.481 e. The van der Waals surface area contributed by atoms with Gasteiger partial charge in [-0.05, 0) is 30.4 Å². The molecule has 1 atom stereocenters. The predicted molar refractivity (Wildman–Crippen MR) is 81.6 cm³/mol. The summed E-state index contributed by atoms with van der Waals surface area (Å²) in [5.41, 5.74) is 1.14. The van der Waals surface area contributed by atoms with Gasteiger partial charge >= 0.3 is 5.97 Å². The number of rotatable bonds is 6. The van der Waals surface area contributed by atoms with Crippen LogP contribution in [0.3, 0.4) is 0 Å². The molecule has 116 valence electrons. The summed E-state index contributed by atoms with van der Waals surface area (Å²) in [5.74, 6) is -0.924. The molecule has 6 heteroatoms. The van der Waals surface area contributed by atoms with Gasteiger partial charge in [-0.2, -0.15) is 0 Å². The van der Waals surface area contributed by atoms with E-state index in [2.05, 4.69) is 5.32 Å². The Morgan fingerprint density at radius 1 is 1.43 bits per heavy atom. The van der Waals surface area contributed by atoms with Crippen molar-refractivity contribution in [3.8, 4) is 0 Å². The summed E-state index contributed by atoms with van der Waals surface area (Å²) in [6, 6.07) is 4.42. The van der Waals surface area contributed by atoms with Crippen LogP contribution in [0.2, 0.25) is 0 Å². The van der Waals surface area contributed by atoms with Crippen LogP contribution in [0.1, 0.15) is 39.2 Å². The van der Waals surface area contributed by atoms with E-state index in [1.807, 2.05) is 27.7 Å². The highest BCUT2D eigenvalue weighted by molar-refractivity contribution is 5.69. The molecule has 0 saturated heterocycles. The van der Waals surface area contributed by atoms with E-state index in [1.165, 1.54) is 6.07 Å². The molecule has 1 unspecified atom stereocenters. The van der Waals surface area contributed by atoms with Crippen LogP contribution in [0.15, 0.2) is 18.2 Å². The van der Waals surface area contributed by atoms with Gasteiger partial charge in [0, 0.05) is 12.1 Å². The number of nitrogens with zero attached hydrogens (tertiary/aromatic N) is 1. The summed E-state index contributed by atoms with van der Waals surface area (Å²) in [4.78, 5) is 21.6. The van der Waals surface area contributed by atoms with E-state index in [0.717, 1.165) is 5.56 Å². The van der Waals surface area contributed by atoms with Crippen LogP contribution in [0.5, 0.6) is 0 Å². The van der Waals surface area contributed by atoms with Crippen molar-refractivity contribution in [1.82, 2.24) is 0 Å². The van der Waals surface area contributed by atoms with E-state index in [-0.39, 0.29) is 23.6 Å². The number of nitrogens with one attached hydrogen (secondary N) is 1. The van der Waals surface area contributed by atoms with Gasteiger partial charge in [0.15, 0.2) is 0 Å². The first-order chi connectivity index (χ1) is 9.58. The number of aliphatic carboxylic acids is 1. The first-order valence-corrected chi connectivity index (χ1v) is 6.82. The average molecular weight is 294 g/mol. The van der Waals surface area contributed by atoms with Crippen LogP contribution in [0.4, 0.5) is 11.4 Å². The van der Waals surface area contributed by atoms with Gasteiger partial charge in [-0.1, -0.05) is 26.8 Å². The van der Waals surface area contributed by atoms with Gasteiger partial charge in [0.1, 0.15) is 5.69 Å². The third-order valence-corrected chi connectivity index (χ3v) is 2.99. The quantitative estimate of drug-likeness (QED) is 0.617. The van der Waals surface area contributed by atoms with Crippen LogP contribution in [0, 0.1) is 22.5 Å². The summed E-state index contributed by atoms with van der Waals surface area (Å²) < 4.78 is 0. The fourth-order valence-electron chi connectivity index (χ4n) is 2.27. The molecular weight excluding hydrogens is 272 g/mol. The molecule has 2 N–H and O–H groups in total. The maximum atomic E-state index is 11.1. The summed E-state index contributed by atoms with van der Waals surface area (Å²) in [6.45, 7) is 7.86. The smallest absolute Gasteiger partial charge is 0.305 e. The molecule has 0 heterocycles. The topological polar surface area (TPSA) is 92.5 Å². The minimum absolute atomic E-state index is 0.0371. The molecule has 21 heavy (non-hydrogen) atoms. The van der Waals surface area contributed by atoms with E-state index in [9.17, 15) is 14.9 Å². The fraction of sp³-hybridized carbons (Fsp3) is 0.533. The van der Waals surface area contributed by atoms with Crippen LogP contribution < -0.4 is 5.32 Å². The molecule has 0 bridgehead atoms. The maximum Gasteiger partial charge on any atom is 0.305 e. The Morgan fingerprint density at radius 2 is 2.05 bits per heavy atom. The second kappa shape index (κ2) is 6.56. The summed E-state index contributed by atoms with van der Waals surface area (Å²) in [7, 11) is 0. The van der Waals surface area contributed by atoms with Gasteiger partial charge in [-0.25, -0.2) is 0 Å². The van der Waals surface area contributed by atoms with E-state index in [0.29, 0.717) is 12.1 Å².